The highest BCUT2D eigenvalue weighted by Gasteiger charge is 2.46. The lowest BCUT2D eigenvalue weighted by Gasteiger charge is -2.16. The van der Waals surface area contributed by atoms with E-state index in [1.54, 1.807) is 17.4 Å². The topological polar surface area (TPSA) is 46.3 Å². The minimum atomic E-state index is 0.0693. The minimum Gasteiger partial charge on any atom is -0.469 e. The van der Waals surface area contributed by atoms with Gasteiger partial charge in [-0.2, -0.15) is 0 Å². The molecule has 1 aliphatic carbocycles. The molecule has 0 radical (unpaired) electrons. The number of furan rings is 1. The van der Waals surface area contributed by atoms with Gasteiger partial charge < -0.3 is 9.32 Å². The summed E-state index contributed by atoms with van der Waals surface area (Å²) in [5, 5.41) is 0. The highest BCUT2D eigenvalue weighted by Crippen LogP contribution is 2.48. The lowest BCUT2D eigenvalue weighted by atomic mass is 10.2. The third-order valence-electron chi connectivity index (χ3n) is 3.52. The fraction of sp³-hybridized carbons (Fsp3) is 0.333. The summed E-state index contributed by atoms with van der Waals surface area (Å²) < 4.78 is 5.35. The average Bonchev–Trinajstić information content (AvgIpc) is 3.04. The fourth-order valence-electron chi connectivity index (χ4n) is 2.38. The van der Waals surface area contributed by atoms with Gasteiger partial charge in [-0.25, -0.2) is 0 Å². The first kappa shape index (κ1) is 12.0. The van der Waals surface area contributed by atoms with Crippen LogP contribution in [-0.4, -0.2) is 22.8 Å². The molecule has 4 heteroatoms. The molecule has 1 aliphatic rings. The molecule has 0 spiro atoms. The summed E-state index contributed by atoms with van der Waals surface area (Å²) in [6.07, 6.45) is 4.29. The molecule has 19 heavy (non-hydrogen) atoms. The molecular formula is C15H16N2O2. The van der Waals surface area contributed by atoms with E-state index >= 15 is 0 Å². The lowest BCUT2D eigenvalue weighted by Crippen LogP contribution is -2.28. The van der Waals surface area contributed by atoms with Gasteiger partial charge in [0, 0.05) is 25.1 Å². The van der Waals surface area contributed by atoms with Gasteiger partial charge in [-0.15, -0.1) is 0 Å². The Labute approximate surface area is 112 Å². The highest BCUT2D eigenvalue weighted by molar-refractivity contribution is 5.82. The molecule has 0 N–H and O–H groups in total. The van der Waals surface area contributed by atoms with E-state index in [2.05, 4.69) is 4.98 Å². The van der Waals surface area contributed by atoms with Gasteiger partial charge >= 0.3 is 0 Å². The summed E-state index contributed by atoms with van der Waals surface area (Å²) in [6.45, 7) is 0.557. The molecule has 1 saturated carbocycles. The number of carbonyl (C=O) groups excluding carboxylic acids is 1. The monoisotopic (exact) mass is 256 g/mol. The first-order chi connectivity index (χ1) is 9.25. The van der Waals surface area contributed by atoms with Gasteiger partial charge in [-0.3, -0.25) is 9.78 Å². The Morgan fingerprint density at radius 1 is 1.42 bits per heavy atom. The Bertz CT molecular complexity index is 551. The van der Waals surface area contributed by atoms with Crippen molar-refractivity contribution >= 4 is 5.91 Å². The van der Waals surface area contributed by atoms with Gasteiger partial charge in [-0.05, 0) is 30.7 Å². The number of hydrogen-bond acceptors (Lipinski definition) is 3. The largest absolute Gasteiger partial charge is 0.469 e. The summed E-state index contributed by atoms with van der Waals surface area (Å²) in [4.78, 5) is 18.3. The smallest absolute Gasteiger partial charge is 0.226 e. The summed E-state index contributed by atoms with van der Waals surface area (Å²) in [5.41, 5.74) is 0.911. The van der Waals surface area contributed by atoms with Crippen LogP contribution in [0.4, 0.5) is 0 Å². The molecule has 2 heterocycles. The Morgan fingerprint density at radius 2 is 2.32 bits per heavy atom. The molecule has 0 saturated heterocycles. The van der Waals surface area contributed by atoms with E-state index in [0.717, 1.165) is 17.9 Å². The van der Waals surface area contributed by atoms with Crippen LogP contribution in [0.15, 0.2) is 47.2 Å². The molecule has 2 aromatic heterocycles. The van der Waals surface area contributed by atoms with Crippen LogP contribution in [0.1, 0.15) is 23.8 Å². The van der Waals surface area contributed by atoms with E-state index in [-0.39, 0.29) is 17.7 Å². The van der Waals surface area contributed by atoms with Crippen LogP contribution in [0, 0.1) is 5.92 Å². The quantitative estimate of drug-likeness (QED) is 0.844. The molecular weight excluding hydrogens is 240 g/mol. The molecule has 2 atom stereocenters. The van der Waals surface area contributed by atoms with Crippen molar-refractivity contribution < 1.29 is 9.21 Å². The van der Waals surface area contributed by atoms with E-state index < -0.39 is 0 Å². The zero-order valence-corrected chi connectivity index (χ0v) is 10.8. The first-order valence-corrected chi connectivity index (χ1v) is 6.44. The van der Waals surface area contributed by atoms with Crippen LogP contribution in [0.3, 0.4) is 0 Å². The maximum atomic E-state index is 12.3. The van der Waals surface area contributed by atoms with Crippen molar-refractivity contribution in [2.75, 3.05) is 7.05 Å². The molecule has 0 bridgehead atoms. The zero-order valence-electron chi connectivity index (χ0n) is 10.8. The highest BCUT2D eigenvalue weighted by atomic mass is 16.3. The zero-order chi connectivity index (χ0) is 13.2. The number of hydrogen-bond donors (Lipinski definition) is 0. The molecule has 3 rings (SSSR count). The average molecular weight is 256 g/mol. The van der Waals surface area contributed by atoms with Gasteiger partial charge in [-0.1, -0.05) is 6.07 Å². The van der Waals surface area contributed by atoms with Crippen molar-refractivity contribution in [1.82, 2.24) is 9.88 Å². The fourth-order valence-corrected chi connectivity index (χ4v) is 2.38. The van der Waals surface area contributed by atoms with E-state index in [1.165, 1.54) is 0 Å². The van der Waals surface area contributed by atoms with Gasteiger partial charge in [0.15, 0.2) is 0 Å². The van der Waals surface area contributed by atoms with Crippen LogP contribution >= 0.6 is 0 Å². The van der Waals surface area contributed by atoms with Crippen molar-refractivity contribution in [3.63, 3.8) is 0 Å². The van der Waals surface area contributed by atoms with Gasteiger partial charge in [0.2, 0.25) is 5.91 Å². The van der Waals surface area contributed by atoms with Crippen molar-refractivity contribution in [1.29, 1.82) is 0 Å². The van der Waals surface area contributed by atoms with Crippen molar-refractivity contribution in [3.8, 4) is 0 Å². The normalized spacial score (nSPS) is 21.1. The number of pyridine rings is 1. The maximum absolute atomic E-state index is 12.3. The summed E-state index contributed by atoms with van der Waals surface area (Å²) in [5.74, 6) is 1.42. The van der Waals surface area contributed by atoms with E-state index in [4.69, 9.17) is 4.42 Å². The van der Waals surface area contributed by atoms with E-state index in [0.29, 0.717) is 6.54 Å². The molecule has 0 aromatic carbocycles. The van der Waals surface area contributed by atoms with Crippen LogP contribution < -0.4 is 0 Å². The Kier molecular flexibility index (Phi) is 3.07. The predicted molar refractivity (Wildman–Crippen MR) is 70.3 cm³/mol. The lowest BCUT2D eigenvalue weighted by molar-refractivity contribution is -0.132. The van der Waals surface area contributed by atoms with Crippen LogP contribution in [0.25, 0.3) is 0 Å². The third-order valence-corrected chi connectivity index (χ3v) is 3.52. The Hall–Kier alpha value is -2.10. The number of rotatable bonds is 4. The molecule has 2 aromatic rings. The Morgan fingerprint density at radius 3 is 3.00 bits per heavy atom. The van der Waals surface area contributed by atoms with Crippen molar-refractivity contribution in [3.05, 3.63) is 54.2 Å². The second kappa shape index (κ2) is 4.88. The van der Waals surface area contributed by atoms with Crippen LogP contribution in [-0.2, 0) is 11.3 Å². The first-order valence-electron chi connectivity index (χ1n) is 6.44. The number of carbonyl (C=O) groups is 1. The van der Waals surface area contributed by atoms with Crippen molar-refractivity contribution in [2.24, 2.45) is 5.92 Å². The van der Waals surface area contributed by atoms with Gasteiger partial charge in [0.05, 0.1) is 18.5 Å². The van der Waals surface area contributed by atoms with E-state index in [9.17, 15) is 4.79 Å². The third kappa shape index (κ3) is 2.52. The number of amides is 1. The van der Waals surface area contributed by atoms with Crippen LogP contribution in [0.5, 0.6) is 0 Å². The molecule has 1 amide bonds. The standard InChI is InChI=1S/C15H16N2O2/c1-17(10-11-5-2-3-7-16-11)15(18)13-9-12(13)14-6-4-8-19-14/h2-8,12-13H,9-10H2,1H3/t12-,13+/m0/s1. The number of aromatic nitrogens is 1. The van der Waals surface area contributed by atoms with Gasteiger partial charge in [0.25, 0.3) is 0 Å². The second-order valence-corrected chi connectivity index (χ2v) is 4.98. The molecule has 4 nitrogen and oxygen atoms in total. The van der Waals surface area contributed by atoms with Crippen LogP contribution in [0.2, 0.25) is 0 Å². The second-order valence-electron chi connectivity index (χ2n) is 4.98. The molecule has 0 unspecified atom stereocenters. The summed E-state index contributed by atoms with van der Waals surface area (Å²) in [7, 11) is 1.83. The molecule has 98 valence electrons. The molecule has 1 fully saturated rings. The van der Waals surface area contributed by atoms with Crippen molar-refractivity contribution in [2.45, 2.75) is 18.9 Å². The Balaban J connectivity index is 1.60. The summed E-state index contributed by atoms with van der Waals surface area (Å²) in [6, 6.07) is 9.55. The van der Waals surface area contributed by atoms with Gasteiger partial charge in [0.1, 0.15) is 5.76 Å². The van der Waals surface area contributed by atoms with E-state index in [1.807, 2.05) is 37.4 Å². The maximum Gasteiger partial charge on any atom is 0.226 e. The molecule has 0 aliphatic heterocycles. The predicted octanol–water partition coefficient (Wildman–Crippen LogP) is 2.44. The number of nitrogens with zero attached hydrogens (tertiary/aromatic N) is 2. The minimum absolute atomic E-state index is 0.0693. The summed E-state index contributed by atoms with van der Waals surface area (Å²) >= 11 is 0. The SMILES string of the molecule is CN(Cc1ccccn1)C(=O)[C@@H]1C[C@@H]1c1ccco1.